The first-order valence-corrected chi connectivity index (χ1v) is 6.61. The normalized spacial score (nSPS) is 12.6. The third-order valence-electron chi connectivity index (χ3n) is 2.82. The summed E-state index contributed by atoms with van der Waals surface area (Å²) >= 11 is 0. The van der Waals surface area contributed by atoms with Crippen molar-refractivity contribution >= 4 is 12.1 Å². The SMILES string of the molecule is CCCCCC(=O)N/N=C/C(C)c1ccccc1. The summed E-state index contributed by atoms with van der Waals surface area (Å²) in [6.07, 6.45) is 5.49. The highest BCUT2D eigenvalue weighted by Gasteiger charge is 2.01. The molecule has 1 atom stereocenters. The molecule has 18 heavy (non-hydrogen) atoms. The van der Waals surface area contributed by atoms with Gasteiger partial charge in [0.25, 0.3) is 0 Å². The second-order valence-electron chi connectivity index (χ2n) is 4.47. The van der Waals surface area contributed by atoms with Crippen LogP contribution < -0.4 is 5.43 Å². The van der Waals surface area contributed by atoms with Gasteiger partial charge in [0.15, 0.2) is 0 Å². The molecule has 0 aromatic heterocycles. The highest BCUT2D eigenvalue weighted by Crippen LogP contribution is 2.11. The minimum atomic E-state index is -0.0000355. The molecule has 0 fully saturated rings. The number of unbranched alkanes of at least 4 members (excludes halogenated alkanes) is 2. The Labute approximate surface area is 109 Å². The van der Waals surface area contributed by atoms with Gasteiger partial charge in [-0.15, -0.1) is 0 Å². The Morgan fingerprint density at radius 2 is 2.06 bits per heavy atom. The fourth-order valence-electron chi connectivity index (χ4n) is 1.66. The molecule has 1 amide bonds. The molecule has 0 aliphatic heterocycles. The van der Waals surface area contributed by atoms with Gasteiger partial charge in [-0.05, 0) is 12.0 Å². The van der Waals surface area contributed by atoms with Crippen molar-refractivity contribution in [1.82, 2.24) is 5.43 Å². The second-order valence-corrected chi connectivity index (χ2v) is 4.47. The molecule has 0 bridgehead atoms. The number of rotatable bonds is 7. The van der Waals surface area contributed by atoms with E-state index in [4.69, 9.17) is 0 Å². The van der Waals surface area contributed by atoms with Gasteiger partial charge in [-0.2, -0.15) is 5.10 Å². The van der Waals surface area contributed by atoms with Crippen LogP contribution in [0.1, 0.15) is 51.0 Å². The molecule has 3 heteroatoms. The van der Waals surface area contributed by atoms with Gasteiger partial charge in [-0.3, -0.25) is 4.79 Å². The lowest BCUT2D eigenvalue weighted by atomic mass is 10.0. The lowest BCUT2D eigenvalue weighted by Crippen LogP contribution is -2.17. The topological polar surface area (TPSA) is 41.5 Å². The Hall–Kier alpha value is -1.64. The van der Waals surface area contributed by atoms with Crippen LogP contribution in [0.3, 0.4) is 0 Å². The number of benzene rings is 1. The molecule has 0 spiro atoms. The van der Waals surface area contributed by atoms with Gasteiger partial charge in [-0.25, -0.2) is 5.43 Å². The van der Waals surface area contributed by atoms with Crippen molar-refractivity contribution in [2.24, 2.45) is 5.10 Å². The summed E-state index contributed by atoms with van der Waals surface area (Å²) < 4.78 is 0. The van der Waals surface area contributed by atoms with E-state index in [1.54, 1.807) is 6.21 Å². The van der Waals surface area contributed by atoms with Gasteiger partial charge in [0.05, 0.1) is 0 Å². The summed E-state index contributed by atoms with van der Waals surface area (Å²) in [6, 6.07) is 10.1. The molecule has 98 valence electrons. The van der Waals surface area contributed by atoms with Crippen molar-refractivity contribution in [3.63, 3.8) is 0 Å². The first-order chi connectivity index (χ1) is 8.74. The van der Waals surface area contributed by atoms with Gasteiger partial charge < -0.3 is 0 Å². The highest BCUT2D eigenvalue weighted by molar-refractivity contribution is 5.77. The fraction of sp³-hybridized carbons (Fsp3) is 0.467. The molecule has 0 heterocycles. The van der Waals surface area contributed by atoms with Crippen LogP contribution in [-0.2, 0) is 4.79 Å². The molecule has 0 radical (unpaired) electrons. The fourth-order valence-corrected chi connectivity index (χ4v) is 1.66. The monoisotopic (exact) mass is 246 g/mol. The van der Waals surface area contributed by atoms with Crippen LogP contribution in [0.25, 0.3) is 0 Å². The molecule has 0 aliphatic rings. The number of hydrazone groups is 1. The van der Waals surface area contributed by atoms with E-state index in [1.807, 2.05) is 18.2 Å². The zero-order valence-electron chi connectivity index (χ0n) is 11.2. The largest absolute Gasteiger partial charge is 0.273 e. The third kappa shape index (κ3) is 5.62. The minimum Gasteiger partial charge on any atom is -0.273 e. The molecular formula is C15H22N2O. The Balaban J connectivity index is 2.30. The Bertz CT molecular complexity index is 373. The Kier molecular flexibility index (Phi) is 6.77. The maximum absolute atomic E-state index is 11.4. The molecule has 3 nitrogen and oxygen atoms in total. The second kappa shape index (κ2) is 8.45. The van der Waals surface area contributed by atoms with Crippen LogP contribution in [0.4, 0.5) is 0 Å². The van der Waals surface area contributed by atoms with Crippen LogP contribution in [0.2, 0.25) is 0 Å². The van der Waals surface area contributed by atoms with E-state index in [0.29, 0.717) is 6.42 Å². The average molecular weight is 246 g/mol. The number of nitrogens with one attached hydrogen (secondary N) is 1. The summed E-state index contributed by atoms with van der Waals surface area (Å²) in [4.78, 5) is 11.4. The van der Waals surface area contributed by atoms with E-state index in [0.717, 1.165) is 19.3 Å². The molecule has 1 unspecified atom stereocenters. The van der Waals surface area contributed by atoms with Crippen molar-refractivity contribution in [3.8, 4) is 0 Å². The van der Waals surface area contributed by atoms with E-state index in [2.05, 4.69) is 36.5 Å². The zero-order chi connectivity index (χ0) is 13.2. The van der Waals surface area contributed by atoms with E-state index in [1.165, 1.54) is 5.56 Å². The van der Waals surface area contributed by atoms with Crippen LogP contribution in [0.5, 0.6) is 0 Å². The van der Waals surface area contributed by atoms with Gasteiger partial charge in [0.2, 0.25) is 5.91 Å². The lowest BCUT2D eigenvalue weighted by molar-refractivity contribution is -0.121. The average Bonchev–Trinajstić information content (AvgIpc) is 2.40. The number of amides is 1. The standard InChI is InChI=1S/C15H22N2O/c1-3-4-6-11-15(18)17-16-12-13(2)14-9-7-5-8-10-14/h5,7-10,12-13H,3-4,6,11H2,1-2H3,(H,17,18)/b16-12+. The first-order valence-electron chi connectivity index (χ1n) is 6.61. The number of carbonyl (C=O) groups excluding carboxylic acids is 1. The Morgan fingerprint density at radius 1 is 1.33 bits per heavy atom. The van der Waals surface area contributed by atoms with Crippen molar-refractivity contribution < 1.29 is 4.79 Å². The van der Waals surface area contributed by atoms with E-state index >= 15 is 0 Å². The zero-order valence-corrected chi connectivity index (χ0v) is 11.2. The van der Waals surface area contributed by atoms with Crippen LogP contribution >= 0.6 is 0 Å². The molecule has 1 rings (SSSR count). The Morgan fingerprint density at radius 3 is 2.72 bits per heavy atom. The smallest absolute Gasteiger partial charge is 0.240 e. The van der Waals surface area contributed by atoms with Crippen molar-refractivity contribution in [1.29, 1.82) is 0 Å². The van der Waals surface area contributed by atoms with E-state index in [-0.39, 0.29) is 11.8 Å². The molecule has 0 saturated carbocycles. The summed E-state index contributed by atoms with van der Waals surface area (Å²) in [5.74, 6) is 0.210. The molecular weight excluding hydrogens is 224 g/mol. The summed E-state index contributed by atoms with van der Waals surface area (Å²) in [6.45, 7) is 4.18. The van der Waals surface area contributed by atoms with E-state index in [9.17, 15) is 4.79 Å². The summed E-state index contributed by atoms with van der Waals surface area (Å²) in [5.41, 5.74) is 3.77. The minimum absolute atomic E-state index is 0.0000355. The van der Waals surface area contributed by atoms with Crippen molar-refractivity contribution in [2.45, 2.75) is 45.4 Å². The number of hydrogen-bond acceptors (Lipinski definition) is 2. The maximum atomic E-state index is 11.4. The highest BCUT2D eigenvalue weighted by atomic mass is 16.2. The molecule has 1 aromatic carbocycles. The quantitative estimate of drug-likeness (QED) is 0.447. The molecule has 1 N–H and O–H groups in total. The number of nitrogens with zero attached hydrogens (tertiary/aromatic N) is 1. The predicted octanol–water partition coefficient (Wildman–Crippen LogP) is 3.47. The summed E-state index contributed by atoms with van der Waals surface area (Å²) in [5, 5.41) is 4.00. The lowest BCUT2D eigenvalue weighted by Gasteiger charge is -2.05. The first kappa shape index (κ1) is 14.4. The van der Waals surface area contributed by atoms with Gasteiger partial charge in [0, 0.05) is 18.6 Å². The molecule has 0 saturated heterocycles. The van der Waals surface area contributed by atoms with Gasteiger partial charge in [-0.1, -0.05) is 57.0 Å². The van der Waals surface area contributed by atoms with Crippen molar-refractivity contribution in [2.75, 3.05) is 0 Å². The van der Waals surface area contributed by atoms with Crippen molar-refractivity contribution in [3.05, 3.63) is 35.9 Å². The van der Waals surface area contributed by atoms with Crippen LogP contribution in [0, 0.1) is 0 Å². The molecule has 1 aromatic rings. The number of hydrogen-bond donors (Lipinski definition) is 1. The van der Waals surface area contributed by atoms with Crippen LogP contribution in [0.15, 0.2) is 35.4 Å². The molecule has 0 aliphatic carbocycles. The van der Waals surface area contributed by atoms with E-state index < -0.39 is 0 Å². The number of carbonyl (C=O) groups is 1. The van der Waals surface area contributed by atoms with Crippen LogP contribution in [-0.4, -0.2) is 12.1 Å². The predicted molar refractivity (Wildman–Crippen MR) is 75.6 cm³/mol. The summed E-state index contributed by atoms with van der Waals surface area (Å²) in [7, 11) is 0. The van der Waals surface area contributed by atoms with Gasteiger partial charge >= 0.3 is 0 Å². The third-order valence-corrected chi connectivity index (χ3v) is 2.82. The maximum Gasteiger partial charge on any atom is 0.240 e. The van der Waals surface area contributed by atoms with Gasteiger partial charge in [0.1, 0.15) is 0 Å².